The zero-order chi connectivity index (χ0) is 21.3. The van der Waals surface area contributed by atoms with Crippen LogP contribution in [0, 0.1) is 19.8 Å². The number of hydrogen-bond donors (Lipinski definition) is 1. The average Bonchev–Trinajstić information content (AvgIpc) is 3.35. The number of hydrogen-bond acceptors (Lipinski definition) is 7. The van der Waals surface area contributed by atoms with E-state index in [0.29, 0.717) is 23.6 Å². The van der Waals surface area contributed by atoms with Crippen LogP contribution in [0.5, 0.6) is 0 Å². The fraction of sp³-hybridized carbons (Fsp3) is 0.450. The number of nitrogens with zero attached hydrogens (tertiary/aromatic N) is 4. The lowest BCUT2D eigenvalue weighted by molar-refractivity contribution is -0.134. The molecule has 1 unspecified atom stereocenters. The maximum atomic E-state index is 12.8. The number of anilines is 1. The zero-order valence-corrected chi connectivity index (χ0v) is 18.5. The summed E-state index contributed by atoms with van der Waals surface area (Å²) in [5.41, 5.74) is 0.854. The quantitative estimate of drug-likeness (QED) is 0.651. The Kier molecular flexibility index (Phi) is 5.96. The van der Waals surface area contributed by atoms with Crippen LogP contribution >= 0.6 is 22.7 Å². The second kappa shape index (κ2) is 8.65. The molecule has 1 saturated heterocycles. The second-order valence-corrected chi connectivity index (χ2v) is 9.56. The zero-order valence-electron chi connectivity index (χ0n) is 16.9. The summed E-state index contributed by atoms with van der Waals surface area (Å²) in [5.74, 6) is -0.396. The molecule has 1 fully saturated rings. The van der Waals surface area contributed by atoms with Gasteiger partial charge in [0.2, 0.25) is 11.8 Å². The molecule has 3 aromatic heterocycles. The van der Waals surface area contributed by atoms with Crippen LogP contribution in [0.3, 0.4) is 0 Å². The summed E-state index contributed by atoms with van der Waals surface area (Å²) in [4.78, 5) is 50.0. The SMILES string of the molecule is Cc1sc2ncn(CCC(=O)N3CCCC(C(=O)Nc4nccs4)C3)c(=O)c2c1C. The molecule has 1 aliphatic heterocycles. The van der Waals surface area contributed by atoms with Gasteiger partial charge in [-0.3, -0.25) is 19.0 Å². The molecule has 158 valence electrons. The number of amides is 2. The molecule has 3 aromatic rings. The van der Waals surface area contributed by atoms with E-state index in [2.05, 4.69) is 15.3 Å². The lowest BCUT2D eigenvalue weighted by Gasteiger charge is -2.32. The van der Waals surface area contributed by atoms with Gasteiger partial charge < -0.3 is 10.2 Å². The number of carbonyl (C=O) groups is 2. The fourth-order valence-corrected chi connectivity index (χ4v) is 5.23. The summed E-state index contributed by atoms with van der Waals surface area (Å²) < 4.78 is 1.51. The second-order valence-electron chi connectivity index (χ2n) is 7.46. The number of rotatable bonds is 5. The van der Waals surface area contributed by atoms with E-state index in [9.17, 15) is 14.4 Å². The number of fused-ring (bicyclic) bond motifs is 1. The summed E-state index contributed by atoms with van der Waals surface area (Å²) in [5, 5.41) is 5.84. The Hall–Kier alpha value is -2.59. The smallest absolute Gasteiger partial charge is 0.262 e. The number of aromatic nitrogens is 3. The minimum atomic E-state index is -0.247. The molecule has 0 bridgehead atoms. The van der Waals surface area contributed by atoms with Crippen molar-refractivity contribution in [3.63, 3.8) is 0 Å². The summed E-state index contributed by atoms with van der Waals surface area (Å²) in [6.07, 6.45) is 4.90. The van der Waals surface area contributed by atoms with Crippen molar-refractivity contribution in [1.29, 1.82) is 0 Å². The van der Waals surface area contributed by atoms with Crippen molar-refractivity contribution in [2.24, 2.45) is 5.92 Å². The molecule has 1 aliphatic rings. The van der Waals surface area contributed by atoms with Gasteiger partial charge in [0, 0.05) is 42.5 Å². The van der Waals surface area contributed by atoms with E-state index in [1.807, 2.05) is 13.8 Å². The van der Waals surface area contributed by atoms with E-state index < -0.39 is 0 Å². The molecular formula is C20H23N5O3S2. The predicted octanol–water partition coefficient (Wildman–Crippen LogP) is 2.80. The Morgan fingerprint density at radius 2 is 2.13 bits per heavy atom. The van der Waals surface area contributed by atoms with Gasteiger partial charge in [0.25, 0.3) is 5.56 Å². The first-order chi connectivity index (χ1) is 14.4. The molecule has 0 aromatic carbocycles. The maximum Gasteiger partial charge on any atom is 0.262 e. The third-order valence-corrected chi connectivity index (χ3v) is 7.33. The van der Waals surface area contributed by atoms with Crippen LogP contribution in [-0.2, 0) is 16.1 Å². The number of thiophene rings is 1. The summed E-state index contributed by atoms with van der Waals surface area (Å²) in [6.45, 7) is 5.21. The van der Waals surface area contributed by atoms with Gasteiger partial charge in [-0.1, -0.05) is 0 Å². The Morgan fingerprint density at radius 1 is 1.30 bits per heavy atom. The van der Waals surface area contributed by atoms with Crippen LogP contribution in [0.4, 0.5) is 5.13 Å². The Bertz CT molecular complexity index is 1140. The largest absolute Gasteiger partial charge is 0.342 e. The Morgan fingerprint density at radius 3 is 2.90 bits per heavy atom. The number of aryl methyl sites for hydroxylation is 3. The molecule has 4 heterocycles. The predicted molar refractivity (Wildman–Crippen MR) is 118 cm³/mol. The Labute approximate surface area is 181 Å². The standard InChI is InChI=1S/C20H23N5O3S2/c1-12-13(2)30-18-16(12)19(28)25(11-22-18)8-5-15(26)24-7-3-4-14(10-24)17(27)23-20-21-6-9-29-20/h6,9,11,14H,3-5,7-8,10H2,1-2H3,(H,21,23,27). The van der Waals surface area contributed by atoms with Crippen LogP contribution < -0.4 is 10.9 Å². The first-order valence-corrected chi connectivity index (χ1v) is 11.6. The van der Waals surface area contributed by atoms with Gasteiger partial charge >= 0.3 is 0 Å². The normalized spacial score (nSPS) is 16.7. The minimum Gasteiger partial charge on any atom is -0.342 e. The fourth-order valence-electron chi connectivity index (χ4n) is 3.71. The summed E-state index contributed by atoms with van der Waals surface area (Å²) >= 11 is 2.88. The molecule has 10 heteroatoms. The average molecular weight is 446 g/mol. The highest BCUT2D eigenvalue weighted by atomic mass is 32.1. The number of likely N-dealkylation sites (tertiary alicyclic amines) is 1. The van der Waals surface area contributed by atoms with E-state index in [1.54, 1.807) is 16.5 Å². The molecule has 2 amide bonds. The highest BCUT2D eigenvalue weighted by Crippen LogP contribution is 2.25. The highest BCUT2D eigenvalue weighted by molar-refractivity contribution is 7.18. The van der Waals surface area contributed by atoms with Crippen LogP contribution in [0.1, 0.15) is 29.7 Å². The van der Waals surface area contributed by atoms with Crippen molar-refractivity contribution in [3.05, 3.63) is 38.7 Å². The van der Waals surface area contributed by atoms with Gasteiger partial charge in [0.15, 0.2) is 5.13 Å². The van der Waals surface area contributed by atoms with Gasteiger partial charge in [-0.15, -0.1) is 22.7 Å². The first-order valence-electron chi connectivity index (χ1n) is 9.87. The van der Waals surface area contributed by atoms with E-state index in [-0.39, 0.29) is 36.3 Å². The van der Waals surface area contributed by atoms with E-state index in [4.69, 9.17) is 0 Å². The van der Waals surface area contributed by atoms with E-state index in [1.165, 1.54) is 33.6 Å². The molecular weight excluding hydrogens is 422 g/mol. The van der Waals surface area contributed by atoms with Gasteiger partial charge in [-0.2, -0.15) is 0 Å². The lowest BCUT2D eigenvalue weighted by Crippen LogP contribution is -2.44. The molecule has 1 N–H and O–H groups in total. The lowest BCUT2D eigenvalue weighted by atomic mass is 9.97. The van der Waals surface area contributed by atoms with Crippen LogP contribution in [0.15, 0.2) is 22.7 Å². The minimum absolute atomic E-state index is 0.0491. The highest BCUT2D eigenvalue weighted by Gasteiger charge is 2.28. The maximum absolute atomic E-state index is 12.8. The molecule has 0 radical (unpaired) electrons. The number of thiazole rings is 1. The van der Waals surface area contributed by atoms with Crippen LogP contribution in [0.2, 0.25) is 0 Å². The summed E-state index contributed by atoms with van der Waals surface area (Å²) in [6, 6.07) is 0. The monoisotopic (exact) mass is 445 g/mol. The van der Waals surface area contributed by atoms with Gasteiger partial charge in [-0.05, 0) is 32.3 Å². The number of nitrogens with one attached hydrogen (secondary N) is 1. The van der Waals surface area contributed by atoms with Crippen molar-refractivity contribution >= 4 is 49.8 Å². The molecule has 0 aliphatic carbocycles. The van der Waals surface area contributed by atoms with Gasteiger partial charge in [0.05, 0.1) is 17.6 Å². The van der Waals surface area contributed by atoms with Crippen molar-refractivity contribution in [3.8, 4) is 0 Å². The van der Waals surface area contributed by atoms with Gasteiger partial charge in [0.1, 0.15) is 4.83 Å². The van der Waals surface area contributed by atoms with Crippen molar-refractivity contribution in [2.45, 2.75) is 39.7 Å². The summed E-state index contributed by atoms with van der Waals surface area (Å²) in [7, 11) is 0. The third kappa shape index (κ3) is 4.15. The topological polar surface area (TPSA) is 97.2 Å². The number of piperidine rings is 1. The van der Waals surface area contributed by atoms with E-state index >= 15 is 0 Å². The third-order valence-electron chi connectivity index (χ3n) is 5.53. The van der Waals surface area contributed by atoms with Crippen molar-refractivity contribution in [1.82, 2.24) is 19.4 Å². The molecule has 1 atom stereocenters. The van der Waals surface area contributed by atoms with Crippen LogP contribution in [0.25, 0.3) is 10.2 Å². The van der Waals surface area contributed by atoms with E-state index in [0.717, 1.165) is 28.1 Å². The van der Waals surface area contributed by atoms with Gasteiger partial charge in [-0.25, -0.2) is 9.97 Å². The molecule has 0 saturated carbocycles. The van der Waals surface area contributed by atoms with Crippen molar-refractivity contribution in [2.75, 3.05) is 18.4 Å². The first kappa shape index (κ1) is 20.7. The molecule has 30 heavy (non-hydrogen) atoms. The molecule has 8 nitrogen and oxygen atoms in total. The van der Waals surface area contributed by atoms with Crippen LogP contribution in [-0.4, -0.2) is 44.3 Å². The Balaban J connectivity index is 1.38. The molecule has 4 rings (SSSR count). The molecule has 0 spiro atoms. The number of carbonyl (C=O) groups excluding carboxylic acids is 2. The van der Waals surface area contributed by atoms with Crippen molar-refractivity contribution < 1.29 is 9.59 Å².